The Balaban J connectivity index is 1.70. The number of benzene rings is 3. The first kappa shape index (κ1) is 22.7. The van der Waals surface area contributed by atoms with Crippen molar-refractivity contribution in [3.05, 3.63) is 88.8 Å². The van der Waals surface area contributed by atoms with E-state index >= 15 is 0 Å². The van der Waals surface area contributed by atoms with Crippen molar-refractivity contribution in [2.24, 2.45) is 0 Å². The van der Waals surface area contributed by atoms with Crippen LogP contribution in [0.15, 0.2) is 66.7 Å². The van der Waals surface area contributed by atoms with Crippen molar-refractivity contribution in [3.8, 4) is 17.2 Å². The Morgan fingerprint density at radius 2 is 1.85 bits per heavy atom. The molecule has 0 radical (unpaired) electrons. The van der Waals surface area contributed by atoms with Gasteiger partial charge in [-0.3, -0.25) is 0 Å². The van der Waals surface area contributed by atoms with Crippen molar-refractivity contribution in [3.63, 3.8) is 0 Å². The lowest BCUT2D eigenvalue weighted by Crippen LogP contribution is -2.25. The molecule has 0 fully saturated rings. The molecule has 0 aliphatic carbocycles. The highest BCUT2D eigenvalue weighted by Gasteiger charge is 2.19. The molecule has 7 heteroatoms. The Hall–Kier alpha value is -3.51. The zero-order valence-electron chi connectivity index (χ0n) is 18.2. The highest BCUT2D eigenvalue weighted by molar-refractivity contribution is 6.30. The molecule has 1 N–H and O–H groups in total. The SMILES string of the molecule is CCC(Oc1cccc(Cn2c(C)c(Oc3ccc(Cl)cc3)c3ccc(F)cc32)c1)C(=O)O. The molecule has 170 valence electrons. The molecular formula is C26H23ClFNO4. The second-order valence-electron chi connectivity index (χ2n) is 7.72. The monoisotopic (exact) mass is 467 g/mol. The van der Waals surface area contributed by atoms with Crippen LogP contribution in [0, 0.1) is 12.7 Å². The van der Waals surface area contributed by atoms with Crippen molar-refractivity contribution in [1.29, 1.82) is 0 Å². The highest BCUT2D eigenvalue weighted by Crippen LogP contribution is 2.37. The number of carboxylic acid groups (broad SMARTS) is 1. The molecule has 1 unspecified atom stereocenters. The third kappa shape index (κ3) is 4.96. The summed E-state index contributed by atoms with van der Waals surface area (Å²) in [7, 11) is 0. The summed E-state index contributed by atoms with van der Waals surface area (Å²) in [5.41, 5.74) is 2.41. The van der Waals surface area contributed by atoms with E-state index in [1.54, 1.807) is 49.4 Å². The van der Waals surface area contributed by atoms with Crippen LogP contribution in [0.3, 0.4) is 0 Å². The van der Waals surface area contributed by atoms with Crippen LogP contribution in [-0.4, -0.2) is 21.7 Å². The molecule has 1 aromatic heterocycles. The molecule has 0 saturated carbocycles. The predicted octanol–water partition coefficient (Wildman–Crippen LogP) is 6.82. The van der Waals surface area contributed by atoms with Gasteiger partial charge in [0.1, 0.15) is 17.3 Å². The average molecular weight is 468 g/mol. The molecule has 3 aromatic carbocycles. The number of nitrogens with zero attached hydrogens (tertiary/aromatic N) is 1. The van der Waals surface area contributed by atoms with Crippen LogP contribution in [0.2, 0.25) is 5.02 Å². The van der Waals surface area contributed by atoms with Crippen molar-refractivity contribution < 1.29 is 23.8 Å². The van der Waals surface area contributed by atoms with Gasteiger partial charge < -0.3 is 19.1 Å². The van der Waals surface area contributed by atoms with E-state index in [9.17, 15) is 14.3 Å². The Bertz CT molecular complexity index is 1300. The molecule has 0 aliphatic rings. The largest absolute Gasteiger partial charge is 0.479 e. The van der Waals surface area contributed by atoms with E-state index in [-0.39, 0.29) is 5.82 Å². The first-order chi connectivity index (χ1) is 15.9. The fraction of sp³-hybridized carbons (Fsp3) is 0.192. The van der Waals surface area contributed by atoms with E-state index < -0.39 is 12.1 Å². The molecule has 0 aliphatic heterocycles. The van der Waals surface area contributed by atoms with Crippen LogP contribution in [-0.2, 0) is 11.3 Å². The molecule has 5 nitrogen and oxygen atoms in total. The summed E-state index contributed by atoms with van der Waals surface area (Å²) < 4.78 is 27.9. The molecule has 1 atom stereocenters. The number of hydrogen-bond acceptors (Lipinski definition) is 3. The smallest absolute Gasteiger partial charge is 0.344 e. The van der Waals surface area contributed by atoms with Crippen molar-refractivity contribution >= 4 is 28.5 Å². The molecule has 0 saturated heterocycles. The minimum Gasteiger partial charge on any atom is -0.479 e. The van der Waals surface area contributed by atoms with Crippen LogP contribution in [0.4, 0.5) is 4.39 Å². The van der Waals surface area contributed by atoms with Crippen LogP contribution in [0.1, 0.15) is 24.6 Å². The molecule has 0 spiro atoms. The second kappa shape index (κ2) is 9.55. The molecule has 4 rings (SSSR count). The summed E-state index contributed by atoms with van der Waals surface area (Å²) >= 11 is 5.98. The molecular weight excluding hydrogens is 445 g/mol. The Kier molecular flexibility index (Phi) is 6.56. The van der Waals surface area contributed by atoms with Gasteiger partial charge >= 0.3 is 5.97 Å². The molecule has 1 heterocycles. The summed E-state index contributed by atoms with van der Waals surface area (Å²) in [6.07, 6.45) is -0.561. The van der Waals surface area contributed by atoms with E-state index in [4.69, 9.17) is 21.1 Å². The van der Waals surface area contributed by atoms with E-state index in [0.717, 1.165) is 16.6 Å². The number of carboxylic acids is 1. The van der Waals surface area contributed by atoms with Gasteiger partial charge in [0.2, 0.25) is 0 Å². The molecule has 0 amide bonds. The van der Waals surface area contributed by atoms with E-state index in [0.29, 0.717) is 40.8 Å². The van der Waals surface area contributed by atoms with Crippen LogP contribution in [0.5, 0.6) is 17.2 Å². The van der Waals surface area contributed by atoms with Gasteiger partial charge in [-0.25, -0.2) is 9.18 Å². The van der Waals surface area contributed by atoms with Crippen LogP contribution >= 0.6 is 11.6 Å². The number of rotatable bonds is 8. The zero-order valence-corrected chi connectivity index (χ0v) is 19.0. The number of hydrogen-bond donors (Lipinski definition) is 1. The first-order valence-corrected chi connectivity index (χ1v) is 10.9. The third-order valence-corrected chi connectivity index (χ3v) is 5.68. The van der Waals surface area contributed by atoms with E-state index in [1.807, 2.05) is 23.6 Å². The number of fused-ring (bicyclic) bond motifs is 1. The Morgan fingerprint density at radius 1 is 1.09 bits per heavy atom. The van der Waals surface area contributed by atoms with Gasteiger partial charge in [-0.15, -0.1) is 0 Å². The first-order valence-electron chi connectivity index (χ1n) is 10.6. The minimum atomic E-state index is -1.00. The van der Waals surface area contributed by atoms with E-state index in [2.05, 4.69) is 0 Å². The summed E-state index contributed by atoms with van der Waals surface area (Å²) in [6.45, 7) is 4.10. The summed E-state index contributed by atoms with van der Waals surface area (Å²) in [4.78, 5) is 11.3. The maximum Gasteiger partial charge on any atom is 0.344 e. The van der Waals surface area contributed by atoms with Gasteiger partial charge in [0.25, 0.3) is 0 Å². The lowest BCUT2D eigenvalue weighted by atomic mass is 10.2. The number of halogens is 2. The van der Waals surface area contributed by atoms with Gasteiger partial charge in [0, 0.05) is 17.0 Å². The zero-order chi connectivity index (χ0) is 23.5. The Labute approximate surface area is 195 Å². The van der Waals surface area contributed by atoms with Gasteiger partial charge in [0.15, 0.2) is 11.9 Å². The Morgan fingerprint density at radius 3 is 2.55 bits per heavy atom. The molecule has 0 bridgehead atoms. The summed E-state index contributed by atoms with van der Waals surface area (Å²) in [6, 6.07) is 18.9. The average Bonchev–Trinajstić information content (AvgIpc) is 3.04. The van der Waals surface area contributed by atoms with Gasteiger partial charge in [-0.05, 0) is 73.5 Å². The standard InChI is InChI=1S/C26H23ClFNO4/c1-3-24(26(30)31)32-21-6-4-5-17(13-21)15-29-16(2)25(22-12-9-19(28)14-23(22)29)33-20-10-7-18(27)8-11-20/h4-14,24H,3,15H2,1-2H3,(H,30,31). The lowest BCUT2D eigenvalue weighted by molar-refractivity contribution is -0.145. The fourth-order valence-corrected chi connectivity index (χ4v) is 3.87. The maximum absolute atomic E-state index is 14.1. The van der Waals surface area contributed by atoms with Crippen molar-refractivity contribution in [2.75, 3.05) is 0 Å². The van der Waals surface area contributed by atoms with Gasteiger partial charge in [-0.1, -0.05) is 30.7 Å². The predicted molar refractivity (Wildman–Crippen MR) is 126 cm³/mol. The van der Waals surface area contributed by atoms with Gasteiger partial charge in [-0.2, -0.15) is 0 Å². The van der Waals surface area contributed by atoms with Crippen molar-refractivity contribution in [2.45, 2.75) is 32.9 Å². The van der Waals surface area contributed by atoms with E-state index in [1.165, 1.54) is 12.1 Å². The lowest BCUT2D eigenvalue weighted by Gasteiger charge is -2.15. The molecule has 4 aromatic rings. The normalized spacial score (nSPS) is 12.0. The number of aromatic nitrogens is 1. The summed E-state index contributed by atoms with van der Waals surface area (Å²) in [5, 5.41) is 10.7. The topological polar surface area (TPSA) is 60.7 Å². The van der Waals surface area contributed by atoms with Crippen molar-refractivity contribution in [1.82, 2.24) is 4.57 Å². The summed E-state index contributed by atoms with van der Waals surface area (Å²) in [5.74, 6) is 0.384. The minimum absolute atomic E-state index is 0.344. The number of aliphatic carboxylic acids is 1. The number of carbonyl (C=O) groups is 1. The van der Waals surface area contributed by atoms with Crippen LogP contribution < -0.4 is 9.47 Å². The highest BCUT2D eigenvalue weighted by atomic mass is 35.5. The maximum atomic E-state index is 14.1. The third-order valence-electron chi connectivity index (χ3n) is 5.43. The quantitative estimate of drug-likeness (QED) is 0.308. The fourth-order valence-electron chi connectivity index (χ4n) is 3.74. The second-order valence-corrected chi connectivity index (χ2v) is 8.15. The molecule has 33 heavy (non-hydrogen) atoms. The van der Waals surface area contributed by atoms with Gasteiger partial charge in [0.05, 0.1) is 11.2 Å². The van der Waals surface area contributed by atoms with Crippen LogP contribution in [0.25, 0.3) is 10.9 Å². The number of ether oxygens (including phenoxy) is 2.